The first-order valence-corrected chi connectivity index (χ1v) is 12.9. The Balaban J connectivity index is 1.83. The molecular formula is C23H27ClF3N3O3S. The van der Waals surface area contributed by atoms with Crippen LogP contribution in [0.3, 0.4) is 0 Å². The van der Waals surface area contributed by atoms with Crippen molar-refractivity contribution in [2.24, 2.45) is 11.7 Å². The Bertz CT molecular complexity index is 1140. The van der Waals surface area contributed by atoms with E-state index in [-0.39, 0.29) is 39.8 Å². The standard InChI is InChI=1S/C23H27ClF3N3O3S/c1-2-34(32,33)20-6-4-3-5-18(20)21(24)29-22(31)16-7-8-17(19(11-16)23(25,26)27)14-30-10-9-15(12-28)13-30/h3-8,11,15,21H,2,9-10,12-14,28H2,1H3,(H,29,31). The molecule has 1 saturated heterocycles. The van der Waals surface area contributed by atoms with Gasteiger partial charge in [0.15, 0.2) is 9.84 Å². The lowest BCUT2D eigenvalue weighted by Crippen LogP contribution is -2.28. The maximum absolute atomic E-state index is 13.8. The fraction of sp³-hybridized carbons (Fsp3) is 0.435. The molecule has 2 unspecified atom stereocenters. The number of halogens is 4. The number of amides is 1. The van der Waals surface area contributed by atoms with Crippen LogP contribution in [0.4, 0.5) is 13.2 Å². The van der Waals surface area contributed by atoms with Gasteiger partial charge in [-0.15, -0.1) is 0 Å². The van der Waals surface area contributed by atoms with Crippen LogP contribution in [0.1, 0.15) is 45.9 Å². The van der Waals surface area contributed by atoms with Crippen molar-refractivity contribution in [3.8, 4) is 0 Å². The third kappa shape index (κ3) is 6.10. The molecule has 2 aromatic rings. The molecule has 186 valence electrons. The molecule has 34 heavy (non-hydrogen) atoms. The zero-order chi connectivity index (χ0) is 25.1. The SMILES string of the molecule is CCS(=O)(=O)c1ccccc1C(Cl)NC(=O)c1ccc(CN2CCC(CN)C2)c(C(F)(F)F)c1. The molecule has 2 atom stereocenters. The zero-order valence-electron chi connectivity index (χ0n) is 18.6. The molecule has 3 rings (SSSR count). The number of benzene rings is 2. The van der Waals surface area contributed by atoms with Crippen LogP contribution in [0.15, 0.2) is 47.4 Å². The lowest BCUT2D eigenvalue weighted by Gasteiger charge is -2.21. The molecule has 0 bridgehead atoms. The smallest absolute Gasteiger partial charge is 0.332 e. The van der Waals surface area contributed by atoms with E-state index in [0.29, 0.717) is 19.6 Å². The summed E-state index contributed by atoms with van der Waals surface area (Å²) in [5.41, 5.74) is 3.52. The van der Waals surface area contributed by atoms with Crippen LogP contribution in [-0.4, -0.2) is 44.6 Å². The second-order valence-corrected chi connectivity index (χ2v) is 11.0. The van der Waals surface area contributed by atoms with E-state index >= 15 is 0 Å². The van der Waals surface area contributed by atoms with E-state index in [0.717, 1.165) is 12.5 Å². The predicted molar refractivity (Wildman–Crippen MR) is 124 cm³/mol. The average Bonchev–Trinajstić information content (AvgIpc) is 3.26. The van der Waals surface area contributed by atoms with Gasteiger partial charge in [0, 0.05) is 24.2 Å². The molecule has 3 N–H and O–H groups in total. The first-order chi connectivity index (χ1) is 16.0. The van der Waals surface area contributed by atoms with Crippen LogP contribution in [-0.2, 0) is 22.6 Å². The van der Waals surface area contributed by atoms with Crippen LogP contribution in [0.25, 0.3) is 0 Å². The van der Waals surface area contributed by atoms with Crippen LogP contribution >= 0.6 is 11.6 Å². The van der Waals surface area contributed by atoms with Crippen molar-refractivity contribution in [2.75, 3.05) is 25.4 Å². The van der Waals surface area contributed by atoms with Gasteiger partial charge in [0.2, 0.25) is 0 Å². The van der Waals surface area contributed by atoms with Gasteiger partial charge in [-0.05, 0) is 49.2 Å². The first-order valence-electron chi connectivity index (χ1n) is 10.9. The third-order valence-corrected chi connectivity index (χ3v) is 8.09. The van der Waals surface area contributed by atoms with Gasteiger partial charge in [-0.3, -0.25) is 9.69 Å². The largest absolute Gasteiger partial charge is 0.416 e. The highest BCUT2D eigenvalue weighted by Crippen LogP contribution is 2.34. The summed E-state index contributed by atoms with van der Waals surface area (Å²) in [6, 6.07) is 9.34. The number of nitrogens with one attached hydrogen (secondary N) is 1. The Labute approximate surface area is 202 Å². The number of hydrogen-bond donors (Lipinski definition) is 2. The van der Waals surface area contributed by atoms with Gasteiger partial charge in [-0.1, -0.05) is 42.8 Å². The van der Waals surface area contributed by atoms with Gasteiger partial charge in [0.25, 0.3) is 5.91 Å². The summed E-state index contributed by atoms with van der Waals surface area (Å²) >= 11 is 6.29. The topological polar surface area (TPSA) is 92.5 Å². The van der Waals surface area contributed by atoms with Crippen molar-refractivity contribution in [2.45, 2.75) is 36.5 Å². The molecule has 0 aromatic heterocycles. The number of sulfone groups is 1. The van der Waals surface area contributed by atoms with Crippen molar-refractivity contribution >= 4 is 27.3 Å². The lowest BCUT2D eigenvalue weighted by atomic mass is 10.0. The molecule has 1 aliphatic heterocycles. The molecule has 1 aliphatic rings. The molecule has 1 heterocycles. The lowest BCUT2D eigenvalue weighted by molar-refractivity contribution is -0.138. The number of carbonyl (C=O) groups excluding carboxylic acids is 1. The summed E-state index contributed by atoms with van der Waals surface area (Å²) in [4.78, 5) is 14.6. The number of rotatable bonds is 8. The van der Waals surface area contributed by atoms with E-state index in [2.05, 4.69) is 5.32 Å². The molecule has 2 aromatic carbocycles. The summed E-state index contributed by atoms with van der Waals surface area (Å²) in [7, 11) is -3.62. The molecule has 1 amide bonds. The highest BCUT2D eigenvalue weighted by molar-refractivity contribution is 7.91. The van der Waals surface area contributed by atoms with Crippen molar-refractivity contribution in [3.63, 3.8) is 0 Å². The minimum Gasteiger partial charge on any atom is -0.332 e. The third-order valence-electron chi connectivity index (χ3n) is 5.94. The molecule has 0 aliphatic carbocycles. The van der Waals surface area contributed by atoms with Crippen molar-refractivity contribution < 1.29 is 26.4 Å². The Morgan fingerprint density at radius 2 is 1.97 bits per heavy atom. The van der Waals surface area contributed by atoms with Gasteiger partial charge in [-0.25, -0.2) is 8.42 Å². The Morgan fingerprint density at radius 3 is 2.59 bits per heavy atom. The fourth-order valence-corrected chi connectivity index (χ4v) is 5.51. The molecule has 0 saturated carbocycles. The normalized spacial score (nSPS) is 18.1. The number of nitrogens with two attached hydrogens (primary N) is 1. The van der Waals surface area contributed by atoms with E-state index in [1.165, 1.54) is 37.3 Å². The van der Waals surface area contributed by atoms with Crippen LogP contribution in [0.5, 0.6) is 0 Å². The number of carbonyl (C=O) groups is 1. The number of nitrogens with zero attached hydrogens (tertiary/aromatic N) is 1. The van der Waals surface area contributed by atoms with Crippen LogP contribution in [0.2, 0.25) is 0 Å². The number of hydrogen-bond acceptors (Lipinski definition) is 5. The summed E-state index contributed by atoms with van der Waals surface area (Å²) in [5.74, 6) is -0.745. The van der Waals surface area contributed by atoms with Crippen molar-refractivity contribution in [3.05, 3.63) is 64.7 Å². The maximum atomic E-state index is 13.8. The highest BCUT2D eigenvalue weighted by atomic mass is 35.5. The minimum absolute atomic E-state index is 0.0366. The van der Waals surface area contributed by atoms with E-state index in [4.69, 9.17) is 17.3 Å². The summed E-state index contributed by atoms with van der Waals surface area (Å²) < 4.78 is 66.1. The maximum Gasteiger partial charge on any atom is 0.416 e. The Hall–Kier alpha value is -2.14. The van der Waals surface area contributed by atoms with Crippen LogP contribution in [0, 0.1) is 5.92 Å². The second-order valence-electron chi connectivity index (χ2n) is 8.27. The average molecular weight is 518 g/mol. The molecule has 0 radical (unpaired) electrons. The molecule has 0 spiro atoms. The van der Waals surface area contributed by atoms with Gasteiger partial charge in [-0.2, -0.15) is 13.2 Å². The Kier molecular flexibility index (Phi) is 8.28. The number of likely N-dealkylation sites (tertiary alicyclic amines) is 1. The van der Waals surface area contributed by atoms with Crippen molar-refractivity contribution in [1.29, 1.82) is 0 Å². The fourth-order valence-electron chi connectivity index (χ4n) is 4.01. The quantitative estimate of drug-likeness (QED) is 0.408. The zero-order valence-corrected chi connectivity index (χ0v) is 20.2. The number of alkyl halides is 4. The van der Waals surface area contributed by atoms with Crippen molar-refractivity contribution in [1.82, 2.24) is 10.2 Å². The van der Waals surface area contributed by atoms with E-state index in [9.17, 15) is 26.4 Å². The van der Waals surface area contributed by atoms with E-state index in [1.807, 2.05) is 4.90 Å². The van der Waals surface area contributed by atoms with E-state index < -0.39 is 33.0 Å². The summed E-state index contributed by atoms with van der Waals surface area (Å²) in [6.45, 7) is 3.36. The first kappa shape index (κ1) is 26.5. The Morgan fingerprint density at radius 1 is 1.26 bits per heavy atom. The summed E-state index contributed by atoms with van der Waals surface area (Å²) in [5, 5.41) is 2.40. The molecular weight excluding hydrogens is 491 g/mol. The second kappa shape index (κ2) is 10.6. The van der Waals surface area contributed by atoms with Crippen LogP contribution < -0.4 is 11.1 Å². The van der Waals surface area contributed by atoms with E-state index in [1.54, 1.807) is 6.07 Å². The van der Waals surface area contributed by atoms with Gasteiger partial charge in [0.1, 0.15) is 5.50 Å². The van der Waals surface area contributed by atoms with Gasteiger partial charge >= 0.3 is 6.18 Å². The molecule has 1 fully saturated rings. The minimum atomic E-state index is -4.65. The monoisotopic (exact) mass is 517 g/mol. The van der Waals surface area contributed by atoms with Gasteiger partial charge in [0.05, 0.1) is 16.2 Å². The predicted octanol–water partition coefficient (Wildman–Crippen LogP) is 3.95. The highest BCUT2D eigenvalue weighted by Gasteiger charge is 2.35. The summed E-state index contributed by atoms with van der Waals surface area (Å²) in [6.07, 6.45) is -3.81. The molecule has 6 nitrogen and oxygen atoms in total. The molecule has 11 heteroatoms. The van der Waals surface area contributed by atoms with Gasteiger partial charge < -0.3 is 11.1 Å².